The quantitative estimate of drug-likeness (QED) is 0.435. The molecule has 0 aliphatic heterocycles. The lowest BCUT2D eigenvalue weighted by molar-refractivity contribution is 0.0739. The van der Waals surface area contributed by atoms with Gasteiger partial charge in [0.2, 0.25) is 5.89 Å². The van der Waals surface area contributed by atoms with Crippen LogP contribution < -0.4 is 0 Å². The lowest BCUT2D eigenvalue weighted by atomic mass is 10.0. The second kappa shape index (κ2) is 7.99. The number of halogens is 1. The lowest BCUT2D eigenvalue weighted by Gasteiger charge is -2.16. The van der Waals surface area contributed by atoms with E-state index in [9.17, 15) is 5.11 Å². The Kier molecular flexibility index (Phi) is 5.41. The van der Waals surface area contributed by atoms with Gasteiger partial charge in [0.1, 0.15) is 17.0 Å². The molecule has 0 saturated heterocycles. The highest BCUT2D eigenvalue weighted by atomic mass is 35.5. The van der Waals surface area contributed by atoms with Gasteiger partial charge in [-0.15, -0.1) is 0 Å². The molecule has 7 heteroatoms. The van der Waals surface area contributed by atoms with Crippen LogP contribution in [0.25, 0.3) is 22.8 Å². The molecule has 3 aromatic heterocycles. The molecule has 5 nitrogen and oxygen atoms in total. The maximum absolute atomic E-state index is 10.2. The SMILES string of the molecule is CC(C)(O)c1ccc(-c2nc(-c3ccccn3)oc2Sc2ccc(Cl)cc2)cn1. The number of benzene rings is 1. The molecule has 0 fully saturated rings. The van der Waals surface area contributed by atoms with E-state index in [2.05, 4.69) is 15.0 Å². The molecule has 0 saturated carbocycles. The van der Waals surface area contributed by atoms with Crippen LogP contribution in [0, 0.1) is 0 Å². The molecule has 0 aliphatic carbocycles. The number of hydrogen-bond acceptors (Lipinski definition) is 6. The summed E-state index contributed by atoms with van der Waals surface area (Å²) in [5, 5.41) is 11.5. The third-order valence-electron chi connectivity index (χ3n) is 4.17. The average molecular weight is 424 g/mol. The Morgan fingerprint density at radius 2 is 1.79 bits per heavy atom. The van der Waals surface area contributed by atoms with Gasteiger partial charge < -0.3 is 9.52 Å². The summed E-state index contributed by atoms with van der Waals surface area (Å²) in [6, 6.07) is 16.8. The predicted octanol–water partition coefficient (Wildman–Crippen LogP) is 5.83. The van der Waals surface area contributed by atoms with Gasteiger partial charge in [0.05, 0.1) is 5.69 Å². The first-order chi connectivity index (χ1) is 13.9. The van der Waals surface area contributed by atoms with Crippen molar-refractivity contribution in [3.8, 4) is 22.8 Å². The van der Waals surface area contributed by atoms with Crippen molar-refractivity contribution in [3.63, 3.8) is 0 Å². The maximum atomic E-state index is 10.2. The number of oxazole rings is 1. The van der Waals surface area contributed by atoms with Crippen LogP contribution in [0.1, 0.15) is 19.5 Å². The van der Waals surface area contributed by atoms with Crippen molar-refractivity contribution in [1.82, 2.24) is 15.0 Å². The first kappa shape index (κ1) is 19.6. The van der Waals surface area contributed by atoms with Gasteiger partial charge >= 0.3 is 0 Å². The molecule has 0 atom stereocenters. The number of nitrogens with zero attached hydrogens (tertiary/aromatic N) is 3. The standard InChI is InChI=1S/C22H18ClN3O2S/c1-22(2,27)18-11-6-14(13-25-18)19-21(29-16-9-7-15(23)8-10-16)28-20(26-19)17-5-3-4-12-24-17/h3-13,27H,1-2H3. The Labute approximate surface area is 177 Å². The molecule has 146 valence electrons. The van der Waals surface area contributed by atoms with Gasteiger partial charge in [0.25, 0.3) is 0 Å². The number of aliphatic hydroxyl groups is 1. The van der Waals surface area contributed by atoms with Crippen molar-refractivity contribution in [1.29, 1.82) is 0 Å². The van der Waals surface area contributed by atoms with Crippen molar-refractivity contribution in [2.75, 3.05) is 0 Å². The zero-order valence-corrected chi connectivity index (χ0v) is 17.4. The Balaban J connectivity index is 1.76. The second-order valence-corrected chi connectivity index (χ2v) is 8.40. The molecular formula is C22H18ClN3O2S. The van der Waals surface area contributed by atoms with Crippen LogP contribution in [0.15, 0.2) is 81.4 Å². The summed E-state index contributed by atoms with van der Waals surface area (Å²) in [6.45, 7) is 3.40. The highest BCUT2D eigenvalue weighted by Crippen LogP contribution is 2.39. The van der Waals surface area contributed by atoms with E-state index >= 15 is 0 Å². The van der Waals surface area contributed by atoms with E-state index in [-0.39, 0.29) is 0 Å². The molecule has 1 N–H and O–H groups in total. The highest BCUT2D eigenvalue weighted by Gasteiger charge is 2.21. The fourth-order valence-electron chi connectivity index (χ4n) is 2.66. The highest BCUT2D eigenvalue weighted by molar-refractivity contribution is 7.99. The normalized spacial score (nSPS) is 11.6. The predicted molar refractivity (Wildman–Crippen MR) is 114 cm³/mol. The summed E-state index contributed by atoms with van der Waals surface area (Å²) in [4.78, 5) is 14.4. The molecule has 0 aliphatic rings. The van der Waals surface area contributed by atoms with Crippen LogP contribution in [0.4, 0.5) is 0 Å². The molecule has 1 aromatic carbocycles. The van der Waals surface area contributed by atoms with E-state index in [1.54, 1.807) is 32.3 Å². The van der Waals surface area contributed by atoms with Gasteiger partial charge in [-0.1, -0.05) is 17.7 Å². The van der Waals surface area contributed by atoms with Gasteiger partial charge in [0.15, 0.2) is 5.09 Å². The zero-order valence-electron chi connectivity index (χ0n) is 15.8. The molecule has 4 rings (SSSR count). The van der Waals surface area contributed by atoms with Gasteiger partial charge in [-0.3, -0.25) is 9.97 Å². The van der Waals surface area contributed by atoms with Crippen LogP contribution >= 0.6 is 23.4 Å². The Morgan fingerprint density at radius 1 is 1.00 bits per heavy atom. The minimum Gasteiger partial charge on any atom is -0.427 e. The van der Waals surface area contributed by atoms with E-state index in [0.29, 0.717) is 33.1 Å². The summed E-state index contributed by atoms with van der Waals surface area (Å²) >= 11 is 7.45. The van der Waals surface area contributed by atoms with Crippen molar-refractivity contribution in [2.24, 2.45) is 0 Å². The monoisotopic (exact) mass is 423 g/mol. The Bertz CT molecular complexity index is 1110. The topological polar surface area (TPSA) is 72.0 Å². The average Bonchev–Trinajstić information content (AvgIpc) is 3.14. The summed E-state index contributed by atoms with van der Waals surface area (Å²) < 4.78 is 6.07. The van der Waals surface area contributed by atoms with Crippen LogP contribution in [0.2, 0.25) is 5.02 Å². The molecule has 0 radical (unpaired) electrons. The van der Waals surface area contributed by atoms with Crippen LogP contribution in [0.3, 0.4) is 0 Å². The van der Waals surface area contributed by atoms with Crippen LogP contribution in [-0.2, 0) is 5.60 Å². The molecule has 3 heterocycles. The molecule has 29 heavy (non-hydrogen) atoms. The largest absolute Gasteiger partial charge is 0.427 e. The van der Waals surface area contributed by atoms with Gasteiger partial charge in [0, 0.05) is 27.9 Å². The first-order valence-corrected chi connectivity index (χ1v) is 10.1. The van der Waals surface area contributed by atoms with E-state index in [1.807, 2.05) is 48.5 Å². The first-order valence-electron chi connectivity index (χ1n) is 8.95. The van der Waals surface area contributed by atoms with Gasteiger partial charge in [-0.25, -0.2) is 4.98 Å². The van der Waals surface area contributed by atoms with E-state index in [4.69, 9.17) is 16.0 Å². The fourth-order valence-corrected chi connectivity index (χ4v) is 3.66. The maximum Gasteiger partial charge on any atom is 0.246 e. The molecule has 0 unspecified atom stereocenters. The Morgan fingerprint density at radius 3 is 2.41 bits per heavy atom. The van der Waals surface area contributed by atoms with Crippen LogP contribution in [0.5, 0.6) is 0 Å². The minimum atomic E-state index is -1.01. The third-order valence-corrected chi connectivity index (χ3v) is 5.39. The molecule has 0 spiro atoms. The number of hydrogen-bond donors (Lipinski definition) is 1. The summed E-state index contributed by atoms with van der Waals surface area (Å²) in [7, 11) is 0. The molecule has 0 bridgehead atoms. The summed E-state index contributed by atoms with van der Waals surface area (Å²) in [5.74, 6) is 0.434. The second-order valence-electron chi connectivity index (χ2n) is 6.92. The van der Waals surface area contributed by atoms with Gasteiger partial charge in [-0.05, 0) is 74.1 Å². The number of rotatable bonds is 5. The van der Waals surface area contributed by atoms with Crippen LogP contribution in [-0.4, -0.2) is 20.1 Å². The molecular weight excluding hydrogens is 406 g/mol. The van der Waals surface area contributed by atoms with Gasteiger partial charge in [-0.2, -0.15) is 0 Å². The smallest absolute Gasteiger partial charge is 0.246 e. The van der Waals surface area contributed by atoms with Crippen molar-refractivity contribution in [2.45, 2.75) is 29.4 Å². The van der Waals surface area contributed by atoms with Crippen molar-refractivity contribution >= 4 is 23.4 Å². The summed E-state index contributed by atoms with van der Waals surface area (Å²) in [6.07, 6.45) is 3.39. The Hall–Kier alpha value is -2.67. The number of pyridine rings is 2. The molecule has 4 aromatic rings. The zero-order chi connectivity index (χ0) is 20.4. The molecule has 0 amide bonds. The lowest BCUT2D eigenvalue weighted by Crippen LogP contribution is -2.17. The third kappa shape index (κ3) is 4.50. The number of aromatic nitrogens is 3. The van der Waals surface area contributed by atoms with Crippen molar-refractivity contribution < 1.29 is 9.52 Å². The minimum absolute atomic E-state index is 0.434. The van der Waals surface area contributed by atoms with E-state index in [1.165, 1.54) is 11.8 Å². The fraction of sp³-hybridized carbons (Fsp3) is 0.136. The van der Waals surface area contributed by atoms with E-state index < -0.39 is 5.60 Å². The van der Waals surface area contributed by atoms with E-state index in [0.717, 1.165) is 10.5 Å². The van der Waals surface area contributed by atoms with Crippen molar-refractivity contribution in [3.05, 3.63) is 77.7 Å². The summed E-state index contributed by atoms with van der Waals surface area (Å²) in [5.41, 5.74) is 1.68.